The lowest BCUT2D eigenvalue weighted by Crippen LogP contribution is -2.41. The van der Waals surface area contributed by atoms with Crippen LogP contribution in [0.2, 0.25) is 0 Å². The number of carbonyl (C=O) groups is 1. The van der Waals surface area contributed by atoms with Crippen molar-refractivity contribution in [3.8, 4) is 0 Å². The van der Waals surface area contributed by atoms with Crippen molar-refractivity contribution in [2.24, 2.45) is 5.92 Å². The van der Waals surface area contributed by atoms with E-state index in [1.54, 1.807) is 41.2 Å². The van der Waals surface area contributed by atoms with Gasteiger partial charge in [-0.2, -0.15) is 9.40 Å². The lowest BCUT2D eigenvalue weighted by molar-refractivity contribution is -0.121. The van der Waals surface area contributed by atoms with Crippen LogP contribution in [-0.2, 0) is 27.8 Å². The van der Waals surface area contributed by atoms with Gasteiger partial charge >= 0.3 is 0 Å². The molecule has 0 saturated carbocycles. The first-order valence-electron chi connectivity index (χ1n) is 11.3. The SMILES string of the molecule is CCc1ccc(Cn2nccc2NC(=O)C2CCN(S(=O)(=O)c3ccc(C)cc3)CC2)cc1. The van der Waals surface area contributed by atoms with Gasteiger partial charge in [-0.15, -0.1) is 0 Å². The van der Waals surface area contributed by atoms with E-state index in [0.29, 0.717) is 43.2 Å². The Labute approximate surface area is 195 Å². The van der Waals surface area contributed by atoms with Crippen molar-refractivity contribution in [1.29, 1.82) is 0 Å². The number of sulfonamides is 1. The van der Waals surface area contributed by atoms with E-state index in [1.807, 2.05) is 6.92 Å². The van der Waals surface area contributed by atoms with E-state index in [0.717, 1.165) is 17.5 Å². The molecule has 1 aliphatic heterocycles. The maximum Gasteiger partial charge on any atom is 0.243 e. The van der Waals surface area contributed by atoms with E-state index in [9.17, 15) is 13.2 Å². The maximum absolute atomic E-state index is 12.9. The van der Waals surface area contributed by atoms with E-state index in [-0.39, 0.29) is 11.8 Å². The summed E-state index contributed by atoms with van der Waals surface area (Å²) in [6.45, 7) is 5.28. The maximum atomic E-state index is 12.9. The summed E-state index contributed by atoms with van der Waals surface area (Å²) in [4.78, 5) is 13.2. The fourth-order valence-electron chi connectivity index (χ4n) is 4.06. The van der Waals surface area contributed by atoms with Crippen molar-refractivity contribution in [2.75, 3.05) is 18.4 Å². The molecule has 1 N–H and O–H groups in total. The van der Waals surface area contributed by atoms with Crippen molar-refractivity contribution < 1.29 is 13.2 Å². The fraction of sp³-hybridized carbons (Fsp3) is 0.360. The van der Waals surface area contributed by atoms with Gasteiger partial charge in [0.1, 0.15) is 5.82 Å². The number of amides is 1. The van der Waals surface area contributed by atoms with Crippen molar-refractivity contribution in [2.45, 2.75) is 44.6 Å². The zero-order valence-electron chi connectivity index (χ0n) is 19.1. The second kappa shape index (κ2) is 9.89. The molecule has 33 heavy (non-hydrogen) atoms. The summed E-state index contributed by atoms with van der Waals surface area (Å²) >= 11 is 0. The normalized spacial score (nSPS) is 15.5. The van der Waals surface area contributed by atoms with Gasteiger partial charge in [-0.05, 0) is 49.4 Å². The van der Waals surface area contributed by atoms with Gasteiger partial charge in [-0.25, -0.2) is 13.1 Å². The highest BCUT2D eigenvalue weighted by molar-refractivity contribution is 7.89. The first kappa shape index (κ1) is 23.2. The molecule has 8 heteroatoms. The van der Waals surface area contributed by atoms with E-state index >= 15 is 0 Å². The number of aryl methyl sites for hydroxylation is 2. The lowest BCUT2D eigenvalue weighted by Gasteiger charge is -2.30. The minimum atomic E-state index is -3.54. The molecule has 174 valence electrons. The molecule has 7 nitrogen and oxygen atoms in total. The van der Waals surface area contributed by atoms with Crippen LogP contribution >= 0.6 is 0 Å². The molecule has 4 rings (SSSR count). The second-order valence-electron chi connectivity index (χ2n) is 8.52. The van der Waals surface area contributed by atoms with E-state index in [1.165, 1.54) is 9.87 Å². The lowest BCUT2D eigenvalue weighted by atomic mass is 9.97. The van der Waals surface area contributed by atoms with Gasteiger partial charge in [0.05, 0.1) is 17.6 Å². The van der Waals surface area contributed by atoms with Crippen LogP contribution < -0.4 is 5.32 Å². The average molecular weight is 467 g/mol. The molecule has 1 aliphatic rings. The Hall–Kier alpha value is -2.97. The Kier molecular flexibility index (Phi) is 6.95. The van der Waals surface area contributed by atoms with Crippen LogP contribution in [0.15, 0.2) is 65.7 Å². The molecular formula is C25H30N4O3S. The highest BCUT2D eigenvalue weighted by Gasteiger charge is 2.32. The minimum Gasteiger partial charge on any atom is -0.311 e. The Morgan fingerprint density at radius 3 is 2.27 bits per heavy atom. The van der Waals surface area contributed by atoms with Crippen LogP contribution in [0.4, 0.5) is 5.82 Å². The Bertz CT molecular complexity index is 1190. The molecule has 0 radical (unpaired) electrons. The van der Waals surface area contributed by atoms with Crippen molar-refractivity contribution in [1.82, 2.24) is 14.1 Å². The number of benzene rings is 2. The van der Waals surface area contributed by atoms with E-state index < -0.39 is 10.0 Å². The minimum absolute atomic E-state index is 0.0922. The third-order valence-corrected chi connectivity index (χ3v) is 8.13. The van der Waals surface area contributed by atoms with Crippen LogP contribution in [0, 0.1) is 12.8 Å². The summed E-state index contributed by atoms with van der Waals surface area (Å²) in [5.74, 6) is 0.321. The highest BCUT2D eigenvalue weighted by atomic mass is 32.2. The standard InChI is InChI=1S/C25H30N4O3S/c1-3-20-6-8-21(9-7-20)18-29-24(12-15-26-29)27-25(30)22-13-16-28(17-14-22)33(31,32)23-10-4-19(2)5-11-23/h4-12,15,22H,3,13-14,16-18H2,1-2H3,(H,27,30). The van der Waals surface area contributed by atoms with Crippen molar-refractivity contribution in [3.63, 3.8) is 0 Å². The summed E-state index contributed by atoms with van der Waals surface area (Å²) in [5.41, 5.74) is 3.41. The predicted molar refractivity (Wildman–Crippen MR) is 128 cm³/mol. The van der Waals surface area contributed by atoms with Gasteiger partial charge in [0, 0.05) is 25.1 Å². The number of rotatable bonds is 7. The molecule has 2 aromatic carbocycles. The largest absolute Gasteiger partial charge is 0.311 e. The summed E-state index contributed by atoms with van der Waals surface area (Å²) in [5, 5.41) is 7.34. The molecule has 3 aromatic rings. The number of aromatic nitrogens is 2. The smallest absolute Gasteiger partial charge is 0.243 e. The molecule has 0 aliphatic carbocycles. The molecule has 0 unspecified atom stereocenters. The summed E-state index contributed by atoms with van der Waals surface area (Å²) in [6, 6.07) is 17.0. The monoisotopic (exact) mass is 466 g/mol. The molecular weight excluding hydrogens is 436 g/mol. The topological polar surface area (TPSA) is 84.3 Å². The summed E-state index contributed by atoms with van der Waals surface area (Å²) in [7, 11) is -3.54. The number of nitrogens with one attached hydrogen (secondary N) is 1. The van der Waals surface area contributed by atoms with Crippen molar-refractivity contribution in [3.05, 3.63) is 77.5 Å². The quantitative estimate of drug-likeness (QED) is 0.573. The first-order valence-corrected chi connectivity index (χ1v) is 12.8. The summed E-state index contributed by atoms with van der Waals surface area (Å²) < 4.78 is 29.1. The Balaban J connectivity index is 1.35. The fourth-order valence-corrected chi connectivity index (χ4v) is 5.53. The second-order valence-corrected chi connectivity index (χ2v) is 10.5. The zero-order chi connectivity index (χ0) is 23.4. The van der Waals surface area contributed by atoms with Crippen LogP contribution in [0.5, 0.6) is 0 Å². The van der Waals surface area contributed by atoms with E-state index in [2.05, 4.69) is 41.6 Å². The van der Waals surface area contributed by atoms with Gasteiger partial charge in [0.15, 0.2) is 0 Å². The Morgan fingerprint density at radius 2 is 1.64 bits per heavy atom. The number of anilines is 1. The molecule has 0 spiro atoms. The molecule has 2 heterocycles. The van der Waals surface area contributed by atoms with Gasteiger partial charge in [-0.3, -0.25) is 4.79 Å². The van der Waals surface area contributed by atoms with Gasteiger partial charge in [0.2, 0.25) is 15.9 Å². The third kappa shape index (κ3) is 5.34. The van der Waals surface area contributed by atoms with Crippen LogP contribution in [0.25, 0.3) is 0 Å². The van der Waals surface area contributed by atoms with Gasteiger partial charge < -0.3 is 5.32 Å². The molecule has 0 bridgehead atoms. The zero-order valence-corrected chi connectivity index (χ0v) is 19.9. The van der Waals surface area contributed by atoms with Crippen LogP contribution in [0.3, 0.4) is 0 Å². The third-order valence-electron chi connectivity index (χ3n) is 6.21. The van der Waals surface area contributed by atoms with Crippen LogP contribution in [0.1, 0.15) is 36.5 Å². The number of nitrogens with zero attached hydrogens (tertiary/aromatic N) is 3. The van der Waals surface area contributed by atoms with Crippen LogP contribution in [-0.4, -0.2) is 41.5 Å². The Morgan fingerprint density at radius 1 is 1.00 bits per heavy atom. The van der Waals surface area contributed by atoms with Crippen molar-refractivity contribution >= 4 is 21.7 Å². The van der Waals surface area contributed by atoms with E-state index in [4.69, 9.17) is 0 Å². The molecule has 1 amide bonds. The predicted octanol–water partition coefficient (Wildman–Crippen LogP) is 3.84. The van der Waals surface area contributed by atoms with Gasteiger partial charge in [-0.1, -0.05) is 48.9 Å². The molecule has 1 aromatic heterocycles. The molecule has 1 saturated heterocycles. The summed E-state index contributed by atoms with van der Waals surface area (Å²) in [6.07, 6.45) is 3.65. The first-order chi connectivity index (χ1) is 15.9. The number of hydrogen-bond donors (Lipinski definition) is 1. The van der Waals surface area contributed by atoms with Gasteiger partial charge in [0.25, 0.3) is 0 Å². The molecule has 0 atom stereocenters. The number of hydrogen-bond acceptors (Lipinski definition) is 4. The number of carbonyl (C=O) groups excluding carboxylic acids is 1. The number of piperidine rings is 1. The highest BCUT2D eigenvalue weighted by Crippen LogP contribution is 2.25. The average Bonchev–Trinajstić information content (AvgIpc) is 3.26. The molecule has 1 fully saturated rings.